The van der Waals surface area contributed by atoms with Crippen LogP contribution in [0, 0.1) is 0 Å². The zero-order valence-electron chi connectivity index (χ0n) is 17.8. The molecule has 0 spiro atoms. The molecule has 1 aliphatic carbocycles. The molecule has 0 radical (unpaired) electrons. The topological polar surface area (TPSA) is 49.8 Å². The van der Waals surface area contributed by atoms with Gasteiger partial charge >= 0.3 is 12.3 Å². The number of aliphatic hydroxyl groups excluding tert-OH is 1. The van der Waals surface area contributed by atoms with Gasteiger partial charge in [0, 0.05) is 12.5 Å². The van der Waals surface area contributed by atoms with Crippen LogP contribution >= 0.6 is 0 Å². The molecule has 3 aromatic carbocycles. The first-order valence-corrected chi connectivity index (χ1v) is 10.7. The summed E-state index contributed by atoms with van der Waals surface area (Å²) < 4.78 is 43.8. The molecule has 0 aliphatic heterocycles. The van der Waals surface area contributed by atoms with E-state index in [-0.39, 0.29) is 19.1 Å². The van der Waals surface area contributed by atoms with Crippen LogP contribution < -0.4 is 0 Å². The maximum absolute atomic E-state index is 12.9. The van der Waals surface area contributed by atoms with E-state index in [2.05, 4.69) is 0 Å². The van der Waals surface area contributed by atoms with E-state index in [1.807, 2.05) is 48.5 Å². The Hall–Kier alpha value is -3.32. The third kappa shape index (κ3) is 5.54. The van der Waals surface area contributed by atoms with E-state index in [0.29, 0.717) is 0 Å². The number of rotatable bonds is 7. The fourth-order valence-electron chi connectivity index (χ4n) is 4.28. The number of aliphatic hydroxyl groups is 1. The number of nitrogens with zero attached hydrogens (tertiary/aromatic N) is 1. The summed E-state index contributed by atoms with van der Waals surface area (Å²) in [6, 6.07) is 24.7. The van der Waals surface area contributed by atoms with Crippen LogP contribution in [0.5, 0.6) is 0 Å². The van der Waals surface area contributed by atoms with E-state index in [4.69, 9.17) is 4.74 Å². The lowest BCUT2D eigenvalue weighted by Gasteiger charge is -2.26. The summed E-state index contributed by atoms with van der Waals surface area (Å²) in [7, 11) is 0. The number of hydrogen-bond acceptors (Lipinski definition) is 3. The number of amides is 1. The second-order valence-corrected chi connectivity index (χ2v) is 8.14. The van der Waals surface area contributed by atoms with Gasteiger partial charge in [0.25, 0.3) is 0 Å². The fraction of sp³-hybridized carbons (Fsp3) is 0.269. The smallest absolute Gasteiger partial charge is 0.410 e. The zero-order chi connectivity index (χ0) is 23.4. The molecule has 1 N–H and O–H groups in total. The predicted octanol–water partition coefficient (Wildman–Crippen LogP) is 5.75. The van der Waals surface area contributed by atoms with Gasteiger partial charge < -0.3 is 14.7 Å². The van der Waals surface area contributed by atoms with Crippen LogP contribution in [0.4, 0.5) is 18.0 Å². The second kappa shape index (κ2) is 9.67. The average molecular weight is 455 g/mol. The van der Waals surface area contributed by atoms with Crippen molar-refractivity contribution in [1.29, 1.82) is 0 Å². The molecular weight excluding hydrogens is 431 g/mol. The van der Waals surface area contributed by atoms with Gasteiger partial charge in [-0.15, -0.1) is 0 Å². The van der Waals surface area contributed by atoms with Crippen LogP contribution in [0.2, 0.25) is 0 Å². The first kappa shape index (κ1) is 22.9. The Bertz CT molecular complexity index is 1060. The van der Waals surface area contributed by atoms with Gasteiger partial charge in [-0.05, 0) is 27.8 Å². The lowest BCUT2D eigenvalue weighted by atomic mass is 9.98. The molecule has 0 fully saturated rings. The van der Waals surface area contributed by atoms with E-state index in [1.165, 1.54) is 0 Å². The van der Waals surface area contributed by atoms with Gasteiger partial charge in [-0.25, -0.2) is 4.79 Å². The summed E-state index contributed by atoms with van der Waals surface area (Å²) in [5.74, 6) is -0.167. The highest BCUT2D eigenvalue weighted by Crippen LogP contribution is 2.44. The molecule has 1 aliphatic rings. The Morgan fingerprint density at radius 1 is 0.909 bits per heavy atom. The molecule has 3 aromatic rings. The Morgan fingerprint density at radius 3 is 2.03 bits per heavy atom. The molecule has 0 aromatic heterocycles. The largest absolute Gasteiger partial charge is 0.448 e. The number of halogens is 3. The molecule has 33 heavy (non-hydrogen) atoms. The minimum atomic E-state index is -4.53. The number of alkyl halides is 3. The van der Waals surface area contributed by atoms with Crippen LogP contribution in [0.3, 0.4) is 0 Å². The summed E-state index contributed by atoms with van der Waals surface area (Å²) in [5.41, 5.74) is 4.97. The molecule has 172 valence electrons. The molecule has 0 saturated heterocycles. The minimum absolute atomic E-state index is 0.0342. The molecule has 4 rings (SSSR count). The highest BCUT2D eigenvalue weighted by Gasteiger charge is 2.34. The zero-order valence-corrected chi connectivity index (χ0v) is 17.8. The number of carbonyl (C=O) groups excluding carboxylic acids is 1. The molecule has 1 amide bonds. The number of benzene rings is 3. The number of ether oxygens (including phenoxy) is 1. The van der Waals surface area contributed by atoms with E-state index >= 15 is 0 Å². The molecule has 4 nitrogen and oxygen atoms in total. The van der Waals surface area contributed by atoms with Crippen molar-refractivity contribution in [1.82, 2.24) is 4.90 Å². The van der Waals surface area contributed by atoms with Crippen molar-refractivity contribution >= 4 is 6.09 Å². The summed E-state index contributed by atoms with van der Waals surface area (Å²) in [5, 5.41) is 9.95. The summed E-state index contributed by atoms with van der Waals surface area (Å²) in [6.45, 7) is -0.398. The number of fused-ring (bicyclic) bond motifs is 3. The third-order valence-corrected chi connectivity index (χ3v) is 5.71. The first-order valence-electron chi connectivity index (χ1n) is 10.7. The van der Waals surface area contributed by atoms with Crippen LogP contribution in [0.25, 0.3) is 11.1 Å². The lowest BCUT2D eigenvalue weighted by Crippen LogP contribution is -2.39. The Balaban J connectivity index is 1.49. The van der Waals surface area contributed by atoms with Gasteiger partial charge in [0.2, 0.25) is 0 Å². The van der Waals surface area contributed by atoms with Gasteiger partial charge in [-0.2, -0.15) is 13.2 Å². The van der Waals surface area contributed by atoms with E-state index in [1.54, 1.807) is 30.3 Å². The van der Waals surface area contributed by atoms with Crippen LogP contribution in [-0.4, -0.2) is 41.5 Å². The molecular formula is C26H24F3NO3. The molecule has 1 unspecified atom stereocenters. The van der Waals surface area contributed by atoms with Gasteiger partial charge in [0.1, 0.15) is 6.61 Å². The van der Waals surface area contributed by atoms with Gasteiger partial charge in [0.05, 0.1) is 19.1 Å². The summed E-state index contributed by atoms with van der Waals surface area (Å²) in [4.78, 5) is 14.1. The molecule has 1 atom stereocenters. The SMILES string of the molecule is O=C(OCC1c2ccccc2-c2ccccc21)N(Cc1ccccc1)CC(O)CC(F)(F)F. The van der Waals surface area contributed by atoms with Gasteiger partial charge in [0.15, 0.2) is 0 Å². The third-order valence-electron chi connectivity index (χ3n) is 5.71. The van der Waals surface area contributed by atoms with Crippen LogP contribution in [0.15, 0.2) is 78.9 Å². The minimum Gasteiger partial charge on any atom is -0.448 e. The Labute approximate surface area is 190 Å². The van der Waals surface area contributed by atoms with E-state index < -0.39 is 31.3 Å². The highest BCUT2D eigenvalue weighted by atomic mass is 19.4. The maximum atomic E-state index is 12.9. The van der Waals surface area contributed by atoms with E-state index in [0.717, 1.165) is 32.7 Å². The van der Waals surface area contributed by atoms with E-state index in [9.17, 15) is 23.1 Å². The van der Waals surface area contributed by atoms with Gasteiger partial charge in [-0.3, -0.25) is 0 Å². The normalized spacial score (nSPS) is 13.8. The summed E-state index contributed by atoms with van der Waals surface area (Å²) in [6.07, 6.45) is -8.43. The van der Waals surface area contributed by atoms with Crippen molar-refractivity contribution in [2.45, 2.75) is 31.2 Å². The van der Waals surface area contributed by atoms with Crippen molar-refractivity contribution in [3.63, 3.8) is 0 Å². The quantitative estimate of drug-likeness (QED) is 0.494. The average Bonchev–Trinajstić information content (AvgIpc) is 3.10. The van der Waals surface area contributed by atoms with Crippen molar-refractivity contribution < 1.29 is 27.8 Å². The standard InChI is InChI=1S/C26H24F3NO3/c27-26(28,29)14-19(31)16-30(15-18-8-2-1-3-9-18)25(32)33-17-24-22-12-6-4-10-20(22)21-11-5-7-13-23(21)24/h1-13,19,24,31H,14-17H2. The lowest BCUT2D eigenvalue weighted by molar-refractivity contribution is -0.155. The second-order valence-electron chi connectivity index (χ2n) is 8.14. The van der Waals surface area contributed by atoms with Crippen molar-refractivity contribution in [3.05, 3.63) is 95.6 Å². The van der Waals surface area contributed by atoms with Crippen LogP contribution in [-0.2, 0) is 11.3 Å². The fourth-order valence-corrected chi connectivity index (χ4v) is 4.28. The van der Waals surface area contributed by atoms with Gasteiger partial charge in [-0.1, -0.05) is 78.9 Å². The Kier molecular flexibility index (Phi) is 6.70. The summed E-state index contributed by atoms with van der Waals surface area (Å²) >= 11 is 0. The molecule has 0 saturated carbocycles. The predicted molar refractivity (Wildman–Crippen MR) is 119 cm³/mol. The Morgan fingerprint density at radius 2 is 1.45 bits per heavy atom. The van der Waals surface area contributed by atoms with Crippen molar-refractivity contribution in [2.75, 3.05) is 13.2 Å². The number of hydrogen-bond donors (Lipinski definition) is 1. The highest BCUT2D eigenvalue weighted by molar-refractivity contribution is 5.79. The monoisotopic (exact) mass is 455 g/mol. The van der Waals surface area contributed by atoms with Crippen molar-refractivity contribution in [3.8, 4) is 11.1 Å². The number of carbonyl (C=O) groups is 1. The molecule has 7 heteroatoms. The molecule has 0 heterocycles. The van der Waals surface area contributed by atoms with Crippen molar-refractivity contribution in [2.24, 2.45) is 0 Å². The maximum Gasteiger partial charge on any atom is 0.410 e. The molecule has 0 bridgehead atoms. The van der Waals surface area contributed by atoms with Crippen LogP contribution in [0.1, 0.15) is 29.0 Å². The first-order chi connectivity index (χ1) is 15.8.